The van der Waals surface area contributed by atoms with E-state index in [0.29, 0.717) is 12.1 Å². The second-order valence-electron chi connectivity index (χ2n) is 7.65. The molecule has 1 amide bonds. The van der Waals surface area contributed by atoms with Gasteiger partial charge in [0.05, 0.1) is 11.0 Å². The highest BCUT2D eigenvalue weighted by Gasteiger charge is 2.26. The average molecular weight is 378 g/mol. The van der Waals surface area contributed by atoms with Gasteiger partial charge in [0.2, 0.25) is 0 Å². The quantitative estimate of drug-likeness (QED) is 0.759. The number of nitrogens with one attached hydrogen (secondary N) is 1. The third-order valence-electron chi connectivity index (χ3n) is 5.65. The Morgan fingerprint density at radius 3 is 2.82 bits per heavy atom. The average Bonchev–Trinajstić information content (AvgIpc) is 3.00. The van der Waals surface area contributed by atoms with Gasteiger partial charge in [-0.2, -0.15) is 0 Å². The molecule has 1 N–H and O–H groups in total. The number of piperidine rings is 1. The van der Waals surface area contributed by atoms with Gasteiger partial charge >= 0.3 is 0 Å². The standard InChI is InChI=1S/C22H26N4O2/c1-4-26-15(3)24-20-11-16(7-8-21(20)26)22(28)25-9-5-6-17(13-25)19-12-18(27)10-14(2)23-19/h7-8,10-12,17H,4-6,9,13H2,1-3H3,(H,23,27)/t17-/m1/s1. The van der Waals surface area contributed by atoms with Crippen LogP contribution in [-0.4, -0.2) is 38.4 Å². The van der Waals surface area contributed by atoms with Gasteiger partial charge in [-0.05, 0) is 51.8 Å². The number of hydrogen-bond acceptors (Lipinski definition) is 3. The van der Waals surface area contributed by atoms with Crippen LogP contribution in [0, 0.1) is 13.8 Å². The van der Waals surface area contributed by atoms with Gasteiger partial charge in [0, 0.05) is 54.6 Å². The molecule has 1 atom stereocenters. The summed E-state index contributed by atoms with van der Waals surface area (Å²) in [5.41, 5.74) is 4.40. The minimum Gasteiger partial charge on any atom is -0.362 e. The van der Waals surface area contributed by atoms with E-state index < -0.39 is 0 Å². The van der Waals surface area contributed by atoms with Crippen molar-refractivity contribution in [2.75, 3.05) is 13.1 Å². The van der Waals surface area contributed by atoms with Crippen molar-refractivity contribution in [1.82, 2.24) is 19.4 Å². The first kappa shape index (κ1) is 18.5. The molecule has 3 aromatic rings. The van der Waals surface area contributed by atoms with E-state index in [1.54, 1.807) is 12.1 Å². The Kier molecular flexibility index (Phi) is 4.79. The Hall–Kier alpha value is -2.89. The molecule has 28 heavy (non-hydrogen) atoms. The predicted molar refractivity (Wildman–Crippen MR) is 110 cm³/mol. The van der Waals surface area contributed by atoms with E-state index in [2.05, 4.69) is 21.5 Å². The minimum absolute atomic E-state index is 0.0158. The van der Waals surface area contributed by atoms with E-state index >= 15 is 0 Å². The summed E-state index contributed by atoms with van der Waals surface area (Å²) in [7, 11) is 0. The van der Waals surface area contributed by atoms with Crippen molar-refractivity contribution >= 4 is 16.9 Å². The van der Waals surface area contributed by atoms with Crippen molar-refractivity contribution in [3.8, 4) is 0 Å². The molecule has 3 heterocycles. The van der Waals surface area contributed by atoms with Crippen LogP contribution in [0.15, 0.2) is 35.1 Å². The van der Waals surface area contributed by atoms with E-state index in [-0.39, 0.29) is 17.3 Å². The summed E-state index contributed by atoms with van der Waals surface area (Å²) in [6.45, 7) is 8.20. The van der Waals surface area contributed by atoms with Crippen LogP contribution < -0.4 is 5.43 Å². The molecule has 1 fully saturated rings. The van der Waals surface area contributed by atoms with Gasteiger partial charge in [0.1, 0.15) is 5.82 Å². The molecule has 0 spiro atoms. The van der Waals surface area contributed by atoms with Crippen LogP contribution in [0.1, 0.15) is 53.3 Å². The summed E-state index contributed by atoms with van der Waals surface area (Å²) >= 11 is 0. The number of carbonyl (C=O) groups excluding carboxylic acids is 1. The third-order valence-corrected chi connectivity index (χ3v) is 5.65. The van der Waals surface area contributed by atoms with Crippen molar-refractivity contribution in [1.29, 1.82) is 0 Å². The smallest absolute Gasteiger partial charge is 0.253 e. The SMILES string of the molecule is CCn1c(C)nc2cc(C(=O)N3CCC[C@@H](c4cc(=O)cc(C)[nH]4)C3)ccc21. The topological polar surface area (TPSA) is 71.0 Å². The zero-order valence-corrected chi connectivity index (χ0v) is 16.7. The number of rotatable bonds is 3. The number of aromatic nitrogens is 3. The van der Waals surface area contributed by atoms with Gasteiger partial charge < -0.3 is 14.5 Å². The van der Waals surface area contributed by atoms with Crippen molar-refractivity contribution in [2.45, 2.75) is 46.1 Å². The number of imidazole rings is 1. The van der Waals surface area contributed by atoms with E-state index in [0.717, 1.165) is 54.2 Å². The molecule has 1 aliphatic rings. The Morgan fingerprint density at radius 2 is 2.07 bits per heavy atom. The molecule has 0 aliphatic carbocycles. The highest BCUT2D eigenvalue weighted by Crippen LogP contribution is 2.27. The summed E-state index contributed by atoms with van der Waals surface area (Å²) in [5, 5.41) is 0. The number of amides is 1. The monoisotopic (exact) mass is 378 g/mol. The highest BCUT2D eigenvalue weighted by molar-refractivity contribution is 5.97. The molecular weight excluding hydrogens is 352 g/mol. The van der Waals surface area contributed by atoms with Gasteiger partial charge in [-0.15, -0.1) is 0 Å². The zero-order valence-electron chi connectivity index (χ0n) is 16.7. The van der Waals surface area contributed by atoms with Crippen molar-refractivity contribution < 1.29 is 4.79 Å². The summed E-state index contributed by atoms with van der Waals surface area (Å²) < 4.78 is 2.15. The van der Waals surface area contributed by atoms with E-state index in [1.165, 1.54) is 0 Å². The summed E-state index contributed by atoms with van der Waals surface area (Å²) in [6, 6.07) is 9.05. The van der Waals surface area contributed by atoms with Gasteiger partial charge in [-0.25, -0.2) is 4.98 Å². The molecule has 0 radical (unpaired) electrons. The summed E-state index contributed by atoms with van der Waals surface area (Å²) in [5.74, 6) is 1.16. The van der Waals surface area contributed by atoms with Crippen molar-refractivity contribution in [2.24, 2.45) is 0 Å². The van der Waals surface area contributed by atoms with Crippen molar-refractivity contribution in [3.63, 3.8) is 0 Å². The van der Waals surface area contributed by atoms with Crippen molar-refractivity contribution in [3.05, 3.63) is 63.3 Å². The number of aromatic amines is 1. The number of hydrogen-bond donors (Lipinski definition) is 1. The molecule has 6 heteroatoms. The second-order valence-corrected chi connectivity index (χ2v) is 7.65. The predicted octanol–water partition coefficient (Wildman–Crippen LogP) is 3.38. The molecule has 0 unspecified atom stereocenters. The van der Waals surface area contributed by atoms with Crippen LogP contribution in [0.5, 0.6) is 0 Å². The van der Waals surface area contributed by atoms with Crippen LogP contribution in [0.25, 0.3) is 11.0 Å². The highest BCUT2D eigenvalue weighted by atomic mass is 16.2. The van der Waals surface area contributed by atoms with Gasteiger partial charge in [0.25, 0.3) is 5.91 Å². The lowest BCUT2D eigenvalue weighted by atomic mass is 9.93. The summed E-state index contributed by atoms with van der Waals surface area (Å²) in [4.78, 5) is 34.8. The fraction of sp³-hybridized carbons (Fsp3) is 0.409. The number of fused-ring (bicyclic) bond motifs is 1. The molecular formula is C22H26N4O2. The Labute approximate surface area is 164 Å². The first-order valence-electron chi connectivity index (χ1n) is 9.93. The lowest BCUT2D eigenvalue weighted by molar-refractivity contribution is 0.0706. The lowest BCUT2D eigenvalue weighted by Gasteiger charge is -2.33. The lowest BCUT2D eigenvalue weighted by Crippen LogP contribution is -2.39. The maximum absolute atomic E-state index is 13.1. The first-order chi connectivity index (χ1) is 13.5. The number of pyridine rings is 1. The van der Waals surface area contributed by atoms with Gasteiger partial charge in [-0.1, -0.05) is 0 Å². The van der Waals surface area contributed by atoms with Crippen LogP contribution >= 0.6 is 0 Å². The van der Waals surface area contributed by atoms with Crippen LogP contribution in [0.2, 0.25) is 0 Å². The van der Waals surface area contributed by atoms with E-state index in [1.807, 2.05) is 36.9 Å². The molecule has 1 aliphatic heterocycles. The molecule has 146 valence electrons. The summed E-state index contributed by atoms with van der Waals surface area (Å²) in [6.07, 6.45) is 1.90. The number of carbonyl (C=O) groups is 1. The van der Waals surface area contributed by atoms with Crippen LogP contribution in [0.3, 0.4) is 0 Å². The Morgan fingerprint density at radius 1 is 1.25 bits per heavy atom. The van der Waals surface area contributed by atoms with Crippen LogP contribution in [-0.2, 0) is 6.54 Å². The molecule has 1 aromatic carbocycles. The fourth-order valence-corrected chi connectivity index (χ4v) is 4.31. The molecule has 1 saturated heterocycles. The molecule has 0 bridgehead atoms. The van der Waals surface area contributed by atoms with Gasteiger partial charge in [-0.3, -0.25) is 9.59 Å². The number of likely N-dealkylation sites (tertiary alicyclic amines) is 1. The molecule has 2 aromatic heterocycles. The number of benzene rings is 1. The maximum atomic E-state index is 13.1. The number of aryl methyl sites for hydroxylation is 3. The van der Waals surface area contributed by atoms with Crippen LogP contribution in [0.4, 0.5) is 0 Å². The zero-order chi connectivity index (χ0) is 19.8. The third kappa shape index (κ3) is 3.35. The molecule has 0 saturated carbocycles. The normalized spacial score (nSPS) is 17.2. The largest absolute Gasteiger partial charge is 0.362 e. The molecule has 4 rings (SSSR count). The van der Waals surface area contributed by atoms with E-state index in [4.69, 9.17) is 0 Å². The second kappa shape index (κ2) is 7.26. The fourth-order valence-electron chi connectivity index (χ4n) is 4.31. The first-order valence-corrected chi connectivity index (χ1v) is 9.93. The minimum atomic E-state index is 0.0158. The number of H-pyrrole nitrogens is 1. The van der Waals surface area contributed by atoms with E-state index in [9.17, 15) is 9.59 Å². The number of nitrogens with zero attached hydrogens (tertiary/aromatic N) is 3. The Bertz CT molecular complexity index is 1100. The Balaban J connectivity index is 1.59. The van der Waals surface area contributed by atoms with Gasteiger partial charge in [0.15, 0.2) is 5.43 Å². The maximum Gasteiger partial charge on any atom is 0.253 e. The molecule has 6 nitrogen and oxygen atoms in total.